The molecule has 0 amide bonds. The Bertz CT molecular complexity index is 409. The van der Waals surface area contributed by atoms with E-state index in [1.54, 1.807) is 0 Å². The van der Waals surface area contributed by atoms with E-state index in [1.165, 1.54) is 12.1 Å². The Labute approximate surface area is 80.9 Å². The number of phenolic OH excluding ortho intramolecular Hbond substituents is 1. The summed E-state index contributed by atoms with van der Waals surface area (Å²) < 4.78 is 12.9. The summed E-state index contributed by atoms with van der Waals surface area (Å²) >= 11 is 0. The second kappa shape index (κ2) is 3.90. The van der Waals surface area contributed by atoms with E-state index in [2.05, 4.69) is 6.58 Å². The summed E-state index contributed by atoms with van der Waals surface area (Å²) in [4.78, 5) is 0. The van der Waals surface area contributed by atoms with E-state index in [9.17, 15) is 9.50 Å². The van der Waals surface area contributed by atoms with E-state index in [-0.39, 0.29) is 11.1 Å². The van der Waals surface area contributed by atoms with E-state index >= 15 is 0 Å². The van der Waals surface area contributed by atoms with Crippen molar-refractivity contribution >= 4 is 0 Å². The first-order chi connectivity index (χ1) is 6.61. The number of nitrogens with two attached hydrogens (primary N) is 1. The Kier molecular flexibility index (Phi) is 2.85. The van der Waals surface area contributed by atoms with Crippen molar-refractivity contribution in [1.82, 2.24) is 0 Å². The molecule has 0 saturated heterocycles. The van der Waals surface area contributed by atoms with Crippen molar-refractivity contribution in [3.05, 3.63) is 41.7 Å². The minimum absolute atomic E-state index is 0.0718. The summed E-state index contributed by atoms with van der Waals surface area (Å²) in [5.41, 5.74) is 5.77. The molecule has 0 heterocycles. The van der Waals surface area contributed by atoms with Crippen molar-refractivity contribution in [3.63, 3.8) is 0 Å². The van der Waals surface area contributed by atoms with Gasteiger partial charge in [-0.2, -0.15) is 5.26 Å². The zero-order valence-corrected chi connectivity index (χ0v) is 7.37. The molecule has 1 aromatic carbocycles. The van der Waals surface area contributed by atoms with Crippen molar-refractivity contribution < 1.29 is 9.50 Å². The molecular weight excluding hydrogens is 183 g/mol. The van der Waals surface area contributed by atoms with Gasteiger partial charge in [0.25, 0.3) is 0 Å². The molecule has 3 nitrogen and oxygen atoms in total. The van der Waals surface area contributed by atoms with Crippen molar-refractivity contribution in [2.24, 2.45) is 5.73 Å². The Balaban J connectivity index is 3.44. The quantitative estimate of drug-likeness (QED) is 0.699. The molecule has 4 heteroatoms. The summed E-state index contributed by atoms with van der Waals surface area (Å²) in [6.45, 7) is 3.42. The predicted octanol–water partition coefficient (Wildman–Crippen LogP) is 1.59. The standard InChI is InChI=1S/C10H9FN2O/c1-2-8(13)9-6(5-12)3-4-7(11)10(9)14/h2-4,8,14H,1,13H2/t8-/m1/s1. The molecule has 0 saturated carbocycles. The summed E-state index contributed by atoms with van der Waals surface area (Å²) in [5.74, 6) is -1.38. The first kappa shape index (κ1) is 10.2. The maximum absolute atomic E-state index is 12.9. The lowest BCUT2D eigenvalue weighted by atomic mass is 10.0. The van der Waals surface area contributed by atoms with Gasteiger partial charge in [-0.05, 0) is 12.1 Å². The van der Waals surface area contributed by atoms with Gasteiger partial charge in [0.1, 0.15) is 0 Å². The molecule has 0 aliphatic carbocycles. The van der Waals surface area contributed by atoms with Crippen LogP contribution in [-0.2, 0) is 0 Å². The maximum atomic E-state index is 12.9. The Morgan fingerprint density at radius 1 is 1.64 bits per heavy atom. The number of rotatable bonds is 2. The van der Waals surface area contributed by atoms with Gasteiger partial charge in [-0.1, -0.05) is 6.08 Å². The lowest BCUT2D eigenvalue weighted by molar-refractivity contribution is 0.423. The topological polar surface area (TPSA) is 70.0 Å². The van der Waals surface area contributed by atoms with Gasteiger partial charge in [-0.25, -0.2) is 4.39 Å². The Morgan fingerprint density at radius 2 is 2.29 bits per heavy atom. The van der Waals surface area contributed by atoms with Gasteiger partial charge in [0.05, 0.1) is 17.7 Å². The zero-order valence-electron chi connectivity index (χ0n) is 7.37. The van der Waals surface area contributed by atoms with E-state index < -0.39 is 17.6 Å². The lowest BCUT2D eigenvalue weighted by Gasteiger charge is -2.11. The molecular formula is C10H9FN2O. The molecule has 0 aliphatic rings. The Morgan fingerprint density at radius 3 is 2.79 bits per heavy atom. The average Bonchev–Trinajstić information content (AvgIpc) is 2.20. The van der Waals surface area contributed by atoms with E-state index in [0.29, 0.717) is 0 Å². The fourth-order valence-electron chi connectivity index (χ4n) is 1.13. The average molecular weight is 192 g/mol. The normalized spacial score (nSPS) is 11.8. The highest BCUT2D eigenvalue weighted by molar-refractivity contribution is 5.49. The fraction of sp³-hybridized carbons (Fsp3) is 0.100. The second-order valence-corrected chi connectivity index (χ2v) is 2.73. The van der Waals surface area contributed by atoms with Crippen LogP contribution >= 0.6 is 0 Å². The van der Waals surface area contributed by atoms with Gasteiger partial charge in [0.15, 0.2) is 11.6 Å². The third-order valence-corrected chi connectivity index (χ3v) is 1.88. The van der Waals surface area contributed by atoms with Crippen LogP contribution in [0, 0.1) is 17.1 Å². The van der Waals surface area contributed by atoms with Gasteiger partial charge < -0.3 is 10.8 Å². The number of hydrogen-bond acceptors (Lipinski definition) is 3. The number of benzene rings is 1. The fourth-order valence-corrected chi connectivity index (χ4v) is 1.13. The first-order valence-electron chi connectivity index (χ1n) is 3.91. The number of nitriles is 1. The molecule has 1 atom stereocenters. The highest BCUT2D eigenvalue weighted by Gasteiger charge is 2.16. The summed E-state index contributed by atoms with van der Waals surface area (Å²) in [5, 5.41) is 18.1. The highest BCUT2D eigenvalue weighted by Crippen LogP contribution is 2.29. The van der Waals surface area contributed by atoms with Crippen LogP contribution < -0.4 is 5.73 Å². The van der Waals surface area contributed by atoms with Crippen molar-refractivity contribution in [2.45, 2.75) is 6.04 Å². The van der Waals surface area contributed by atoms with Crippen molar-refractivity contribution in [2.75, 3.05) is 0 Å². The van der Waals surface area contributed by atoms with Gasteiger partial charge in [0, 0.05) is 5.56 Å². The Hall–Kier alpha value is -1.86. The smallest absolute Gasteiger partial charge is 0.165 e. The predicted molar refractivity (Wildman–Crippen MR) is 49.9 cm³/mol. The van der Waals surface area contributed by atoms with Crippen LogP contribution in [0.4, 0.5) is 4.39 Å². The zero-order chi connectivity index (χ0) is 10.7. The van der Waals surface area contributed by atoms with Crippen LogP contribution in [0.2, 0.25) is 0 Å². The van der Waals surface area contributed by atoms with Gasteiger partial charge >= 0.3 is 0 Å². The van der Waals surface area contributed by atoms with E-state index in [0.717, 1.165) is 6.07 Å². The van der Waals surface area contributed by atoms with Gasteiger partial charge in [-0.3, -0.25) is 0 Å². The minimum atomic E-state index is -0.795. The first-order valence-corrected chi connectivity index (χ1v) is 3.91. The van der Waals surface area contributed by atoms with Crippen molar-refractivity contribution in [1.29, 1.82) is 5.26 Å². The summed E-state index contributed by atoms with van der Waals surface area (Å²) in [7, 11) is 0. The molecule has 0 aromatic heterocycles. The minimum Gasteiger partial charge on any atom is -0.505 e. The molecule has 3 N–H and O–H groups in total. The van der Waals surface area contributed by atoms with Crippen LogP contribution in [0.3, 0.4) is 0 Å². The maximum Gasteiger partial charge on any atom is 0.165 e. The number of hydrogen-bond donors (Lipinski definition) is 2. The molecule has 0 radical (unpaired) electrons. The number of nitrogens with zero attached hydrogens (tertiary/aromatic N) is 1. The largest absolute Gasteiger partial charge is 0.505 e. The van der Waals surface area contributed by atoms with Gasteiger partial charge in [0.2, 0.25) is 0 Å². The second-order valence-electron chi connectivity index (χ2n) is 2.73. The number of aromatic hydroxyl groups is 1. The van der Waals surface area contributed by atoms with Crippen LogP contribution in [0.15, 0.2) is 24.8 Å². The van der Waals surface area contributed by atoms with Crippen LogP contribution in [0.1, 0.15) is 17.2 Å². The number of halogens is 1. The molecule has 0 aliphatic heterocycles. The van der Waals surface area contributed by atoms with Crippen LogP contribution in [-0.4, -0.2) is 5.11 Å². The van der Waals surface area contributed by atoms with E-state index in [1.807, 2.05) is 6.07 Å². The highest BCUT2D eigenvalue weighted by atomic mass is 19.1. The number of phenols is 1. The molecule has 0 bridgehead atoms. The molecule has 0 spiro atoms. The molecule has 0 unspecified atom stereocenters. The third kappa shape index (κ3) is 1.58. The molecule has 1 rings (SSSR count). The summed E-state index contributed by atoms with van der Waals surface area (Å²) in [6, 6.07) is 3.37. The molecule has 72 valence electrons. The van der Waals surface area contributed by atoms with E-state index in [4.69, 9.17) is 11.0 Å². The SMILES string of the molecule is C=C[C@@H](N)c1c(C#N)ccc(F)c1O. The molecule has 0 fully saturated rings. The van der Waals surface area contributed by atoms with Crippen LogP contribution in [0.5, 0.6) is 5.75 Å². The van der Waals surface area contributed by atoms with Crippen molar-refractivity contribution in [3.8, 4) is 11.8 Å². The lowest BCUT2D eigenvalue weighted by Crippen LogP contribution is -2.09. The monoisotopic (exact) mass is 192 g/mol. The van der Waals surface area contributed by atoms with Crippen LogP contribution in [0.25, 0.3) is 0 Å². The molecule has 14 heavy (non-hydrogen) atoms. The summed E-state index contributed by atoms with van der Waals surface area (Å²) in [6.07, 6.45) is 1.33. The third-order valence-electron chi connectivity index (χ3n) is 1.88. The van der Waals surface area contributed by atoms with Gasteiger partial charge in [-0.15, -0.1) is 6.58 Å². The molecule has 1 aromatic rings.